The maximum Gasteiger partial charge on any atom is 0.269 e. The van der Waals surface area contributed by atoms with Gasteiger partial charge in [-0.3, -0.25) is 4.79 Å². The van der Waals surface area contributed by atoms with Crippen molar-refractivity contribution in [1.82, 2.24) is 10.3 Å². The summed E-state index contributed by atoms with van der Waals surface area (Å²) < 4.78 is 5.00. The van der Waals surface area contributed by atoms with Crippen LogP contribution in [0.25, 0.3) is 0 Å². The highest BCUT2D eigenvalue weighted by atomic mass is 16.5. The lowest BCUT2D eigenvalue weighted by atomic mass is 10.2. The van der Waals surface area contributed by atoms with Crippen LogP contribution in [0.2, 0.25) is 0 Å². The number of methoxy groups -OCH3 is 1. The van der Waals surface area contributed by atoms with Gasteiger partial charge in [-0.2, -0.15) is 0 Å². The zero-order chi connectivity index (χ0) is 14.1. The van der Waals surface area contributed by atoms with E-state index < -0.39 is 0 Å². The fourth-order valence-corrected chi connectivity index (χ4v) is 1.46. The highest BCUT2D eigenvalue weighted by Gasteiger charge is 2.08. The van der Waals surface area contributed by atoms with Crippen LogP contribution in [-0.2, 0) is 4.74 Å². The number of carbonyl (C=O) groups is 1. The van der Waals surface area contributed by atoms with E-state index in [1.807, 2.05) is 6.92 Å². The number of ether oxygens (including phenoxy) is 1. The van der Waals surface area contributed by atoms with Crippen molar-refractivity contribution >= 4 is 5.91 Å². The largest absolute Gasteiger partial charge is 0.384 e. The smallest absolute Gasteiger partial charge is 0.269 e. The zero-order valence-electron chi connectivity index (χ0n) is 11.3. The summed E-state index contributed by atoms with van der Waals surface area (Å²) in [6, 6.07) is 3.40. The Hall–Kier alpha value is -1.90. The highest BCUT2D eigenvalue weighted by Crippen LogP contribution is 2.00. The first-order valence-corrected chi connectivity index (χ1v) is 6.09. The predicted octanol–water partition coefficient (Wildman–Crippen LogP) is 0.404. The van der Waals surface area contributed by atoms with Crippen LogP contribution in [-0.4, -0.2) is 37.7 Å². The lowest BCUT2D eigenvalue weighted by molar-refractivity contribution is 0.0929. The van der Waals surface area contributed by atoms with Gasteiger partial charge in [0.15, 0.2) is 0 Å². The van der Waals surface area contributed by atoms with Crippen LogP contribution in [0.1, 0.15) is 23.0 Å². The van der Waals surface area contributed by atoms with Gasteiger partial charge in [-0.15, -0.1) is 0 Å². The van der Waals surface area contributed by atoms with Gasteiger partial charge in [-0.1, -0.05) is 18.8 Å². The Kier molecular flexibility index (Phi) is 6.58. The molecule has 5 nitrogen and oxygen atoms in total. The fraction of sp³-hybridized carbons (Fsp3) is 0.429. The van der Waals surface area contributed by atoms with Gasteiger partial charge in [0.1, 0.15) is 5.69 Å². The van der Waals surface area contributed by atoms with Crippen LogP contribution in [0.3, 0.4) is 0 Å². The van der Waals surface area contributed by atoms with Crippen LogP contribution < -0.4 is 11.1 Å². The zero-order valence-corrected chi connectivity index (χ0v) is 11.3. The first-order valence-electron chi connectivity index (χ1n) is 6.09. The van der Waals surface area contributed by atoms with Gasteiger partial charge in [0.05, 0.1) is 13.2 Å². The van der Waals surface area contributed by atoms with Crippen LogP contribution in [0.15, 0.2) is 18.3 Å². The van der Waals surface area contributed by atoms with Crippen molar-refractivity contribution < 1.29 is 9.53 Å². The number of amides is 1. The number of nitrogens with two attached hydrogens (primary N) is 1. The molecule has 1 amide bonds. The molecule has 102 valence electrons. The first-order chi connectivity index (χ1) is 9.17. The van der Waals surface area contributed by atoms with Crippen molar-refractivity contribution in [2.45, 2.75) is 6.92 Å². The molecule has 0 bridgehead atoms. The molecule has 0 saturated carbocycles. The molecule has 3 N–H and O–H groups in total. The van der Waals surface area contributed by atoms with Crippen molar-refractivity contribution in [2.75, 3.05) is 26.8 Å². The number of aromatic nitrogens is 1. The molecule has 1 unspecified atom stereocenters. The molecule has 0 saturated heterocycles. The number of hydrogen-bond acceptors (Lipinski definition) is 4. The van der Waals surface area contributed by atoms with Gasteiger partial charge >= 0.3 is 0 Å². The summed E-state index contributed by atoms with van der Waals surface area (Å²) in [5.74, 6) is 5.66. The molecule has 1 aromatic heterocycles. The minimum Gasteiger partial charge on any atom is -0.384 e. The summed E-state index contributed by atoms with van der Waals surface area (Å²) in [7, 11) is 1.64. The van der Waals surface area contributed by atoms with E-state index in [1.165, 1.54) is 0 Å². The fourth-order valence-electron chi connectivity index (χ4n) is 1.46. The van der Waals surface area contributed by atoms with Crippen molar-refractivity contribution in [3.8, 4) is 11.8 Å². The Morgan fingerprint density at radius 2 is 2.37 bits per heavy atom. The van der Waals surface area contributed by atoms with E-state index in [1.54, 1.807) is 25.4 Å². The summed E-state index contributed by atoms with van der Waals surface area (Å²) in [6.07, 6.45) is 1.57. The van der Waals surface area contributed by atoms with Crippen molar-refractivity contribution in [1.29, 1.82) is 0 Å². The number of nitrogens with zero attached hydrogens (tertiary/aromatic N) is 1. The second-order valence-corrected chi connectivity index (χ2v) is 4.21. The molecule has 1 heterocycles. The van der Waals surface area contributed by atoms with Gasteiger partial charge < -0.3 is 15.8 Å². The SMILES string of the molecule is COCC(C)CNC(=O)c1ccc(C#CCN)cn1. The maximum atomic E-state index is 11.8. The third kappa shape index (κ3) is 5.51. The van der Waals surface area contributed by atoms with E-state index in [0.29, 0.717) is 25.4 Å². The van der Waals surface area contributed by atoms with Gasteiger partial charge in [-0.05, 0) is 18.1 Å². The predicted molar refractivity (Wildman–Crippen MR) is 73.5 cm³/mol. The quantitative estimate of drug-likeness (QED) is 0.752. The van der Waals surface area contributed by atoms with Crippen molar-refractivity contribution in [3.63, 3.8) is 0 Å². The summed E-state index contributed by atoms with van der Waals surface area (Å²) in [4.78, 5) is 15.9. The monoisotopic (exact) mass is 261 g/mol. The summed E-state index contributed by atoms with van der Waals surface area (Å²) >= 11 is 0. The van der Waals surface area contributed by atoms with E-state index in [2.05, 4.69) is 22.1 Å². The van der Waals surface area contributed by atoms with Crippen molar-refractivity contribution in [2.24, 2.45) is 11.7 Å². The average Bonchev–Trinajstić information content (AvgIpc) is 2.43. The van der Waals surface area contributed by atoms with E-state index >= 15 is 0 Å². The van der Waals surface area contributed by atoms with E-state index in [-0.39, 0.29) is 11.8 Å². The van der Waals surface area contributed by atoms with Gasteiger partial charge in [0.2, 0.25) is 0 Å². The molecule has 1 atom stereocenters. The third-order valence-electron chi connectivity index (χ3n) is 2.39. The second kappa shape index (κ2) is 8.25. The molecule has 5 heteroatoms. The Morgan fingerprint density at radius 3 is 2.95 bits per heavy atom. The second-order valence-electron chi connectivity index (χ2n) is 4.21. The van der Waals surface area contributed by atoms with Crippen LogP contribution in [0, 0.1) is 17.8 Å². The highest BCUT2D eigenvalue weighted by molar-refractivity contribution is 5.92. The summed E-state index contributed by atoms with van der Waals surface area (Å²) in [5, 5.41) is 2.81. The molecule has 1 rings (SSSR count). The number of hydrogen-bond donors (Lipinski definition) is 2. The molecule has 0 aromatic carbocycles. The number of pyridine rings is 1. The van der Waals surface area contributed by atoms with Gasteiger partial charge in [-0.25, -0.2) is 4.98 Å². The minimum atomic E-state index is -0.193. The lowest BCUT2D eigenvalue weighted by Gasteiger charge is -2.11. The third-order valence-corrected chi connectivity index (χ3v) is 2.39. The average molecular weight is 261 g/mol. The summed E-state index contributed by atoms with van der Waals surface area (Å²) in [6.45, 7) is 3.48. The molecule has 19 heavy (non-hydrogen) atoms. The van der Waals surface area contributed by atoms with E-state index in [0.717, 1.165) is 5.56 Å². The van der Waals surface area contributed by atoms with Crippen LogP contribution in [0.5, 0.6) is 0 Å². The van der Waals surface area contributed by atoms with Crippen LogP contribution in [0.4, 0.5) is 0 Å². The molecule has 0 aliphatic heterocycles. The van der Waals surface area contributed by atoms with Gasteiger partial charge in [0, 0.05) is 25.4 Å². The van der Waals surface area contributed by atoms with E-state index in [4.69, 9.17) is 10.5 Å². The molecule has 0 radical (unpaired) electrons. The standard InChI is InChI=1S/C14H19N3O2/c1-11(10-19-2)8-17-14(18)13-6-5-12(9-16-13)4-3-7-15/h5-6,9,11H,7-8,10,15H2,1-2H3,(H,17,18). The summed E-state index contributed by atoms with van der Waals surface area (Å²) in [5.41, 5.74) is 6.40. The maximum absolute atomic E-state index is 11.8. The van der Waals surface area contributed by atoms with Crippen molar-refractivity contribution in [3.05, 3.63) is 29.6 Å². The lowest BCUT2D eigenvalue weighted by Crippen LogP contribution is -2.30. The minimum absolute atomic E-state index is 0.193. The molecule has 0 spiro atoms. The Balaban J connectivity index is 2.53. The molecule has 1 aromatic rings. The molecule has 0 aliphatic rings. The number of carbonyl (C=O) groups excluding carboxylic acids is 1. The van der Waals surface area contributed by atoms with Gasteiger partial charge in [0.25, 0.3) is 5.91 Å². The Bertz CT molecular complexity index is 460. The normalized spacial score (nSPS) is 11.3. The van der Waals surface area contributed by atoms with E-state index in [9.17, 15) is 4.79 Å². The molecular weight excluding hydrogens is 242 g/mol. The number of nitrogens with one attached hydrogen (secondary N) is 1. The first kappa shape index (κ1) is 15.2. The molecular formula is C14H19N3O2. The molecule has 0 aliphatic carbocycles. The molecule has 0 fully saturated rings. The Labute approximate surface area is 113 Å². The van der Waals surface area contributed by atoms with Crippen LogP contribution >= 0.6 is 0 Å². The number of rotatable bonds is 5. The Morgan fingerprint density at radius 1 is 1.58 bits per heavy atom. The topological polar surface area (TPSA) is 77.2 Å².